The van der Waals surface area contributed by atoms with Crippen LogP contribution >= 0.6 is 0 Å². The van der Waals surface area contributed by atoms with Crippen molar-refractivity contribution in [2.24, 2.45) is 5.92 Å². The summed E-state index contributed by atoms with van der Waals surface area (Å²) >= 11 is 0. The Morgan fingerprint density at radius 2 is 2.11 bits per heavy atom. The molecule has 98 valence electrons. The summed E-state index contributed by atoms with van der Waals surface area (Å²) in [6, 6.07) is 4.08. The van der Waals surface area contributed by atoms with Gasteiger partial charge in [-0.2, -0.15) is 0 Å². The highest BCUT2D eigenvalue weighted by molar-refractivity contribution is 5.79. The maximum absolute atomic E-state index is 12.1. The topological polar surface area (TPSA) is 42.0 Å². The summed E-state index contributed by atoms with van der Waals surface area (Å²) in [6.07, 6.45) is 7.57. The summed E-state index contributed by atoms with van der Waals surface area (Å²) in [5, 5.41) is 3.13. The van der Waals surface area contributed by atoms with Crippen molar-refractivity contribution >= 4 is 5.91 Å². The molecule has 18 heavy (non-hydrogen) atoms. The van der Waals surface area contributed by atoms with Gasteiger partial charge in [0, 0.05) is 17.8 Å². The number of nitrogens with zero attached hydrogens (tertiary/aromatic N) is 1. The molecule has 0 bridgehead atoms. The van der Waals surface area contributed by atoms with E-state index in [1.807, 2.05) is 26.0 Å². The molecular formula is C15H22N2O. The highest BCUT2D eigenvalue weighted by atomic mass is 16.1. The first kappa shape index (κ1) is 13.1. The second-order valence-corrected chi connectivity index (χ2v) is 5.30. The van der Waals surface area contributed by atoms with Gasteiger partial charge in [-0.15, -0.1) is 0 Å². The molecule has 1 N–H and O–H groups in total. The Labute approximate surface area is 109 Å². The van der Waals surface area contributed by atoms with E-state index in [1.165, 1.54) is 19.3 Å². The van der Waals surface area contributed by atoms with Crippen molar-refractivity contribution in [1.82, 2.24) is 10.3 Å². The minimum absolute atomic E-state index is 0.0705. The van der Waals surface area contributed by atoms with Crippen LogP contribution in [-0.2, 0) is 4.79 Å². The molecule has 0 saturated heterocycles. The summed E-state index contributed by atoms with van der Waals surface area (Å²) in [4.78, 5) is 16.3. The van der Waals surface area contributed by atoms with Crippen LogP contribution in [0.4, 0.5) is 0 Å². The molecule has 1 fully saturated rings. The number of hydrogen-bond donors (Lipinski definition) is 1. The fourth-order valence-electron chi connectivity index (χ4n) is 2.62. The van der Waals surface area contributed by atoms with Crippen LogP contribution in [-0.4, -0.2) is 10.9 Å². The van der Waals surface area contributed by atoms with Crippen LogP contribution in [0.1, 0.15) is 56.3 Å². The lowest BCUT2D eigenvalue weighted by Gasteiger charge is -2.23. The lowest BCUT2D eigenvalue weighted by atomic mass is 9.88. The molecule has 1 aliphatic carbocycles. The highest BCUT2D eigenvalue weighted by Crippen LogP contribution is 2.24. The summed E-state index contributed by atoms with van der Waals surface area (Å²) in [5.41, 5.74) is 2.12. The molecule has 1 aromatic heterocycles. The van der Waals surface area contributed by atoms with Gasteiger partial charge < -0.3 is 5.32 Å². The third-order valence-corrected chi connectivity index (χ3v) is 3.76. The van der Waals surface area contributed by atoms with Gasteiger partial charge in [-0.3, -0.25) is 9.78 Å². The number of nitrogens with one attached hydrogen (secondary N) is 1. The highest BCUT2D eigenvalue weighted by Gasteiger charge is 2.22. The van der Waals surface area contributed by atoms with E-state index < -0.39 is 0 Å². The van der Waals surface area contributed by atoms with Gasteiger partial charge >= 0.3 is 0 Å². The standard InChI is InChI=1S/C15H22N2O/c1-11-10-14(8-9-16-11)12(2)17-15(18)13-6-4-3-5-7-13/h8-10,12-13H,3-7H2,1-2H3,(H,17,18). The van der Waals surface area contributed by atoms with Crippen molar-refractivity contribution in [3.8, 4) is 0 Å². The van der Waals surface area contributed by atoms with Crippen molar-refractivity contribution in [1.29, 1.82) is 0 Å². The number of aromatic nitrogens is 1. The fraction of sp³-hybridized carbons (Fsp3) is 0.600. The first-order chi connectivity index (χ1) is 8.66. The molecule has 3 nitrogen and oxygen atoms in total. The molecule has 1 saturated carbocycles. The normalized spacial score (nSPS) is 18.3. The van der Waals surface area contributed by atoms with Crippen molar-refractivity contribution in [2.45, 2.75) is 52.0 Å². The Balaban J connectivity index is 1.94. The molecule has 1 amide bonds. The quantitative estimate of drug-likeness (QED) is 0.890. The average molecular weight is 246 g/mol. The Kier molecular flexibility index (Phi) is 4.34. The van der Waals surface area contributed by atoms with E-state index in [1.54, 1.807) is 6.20 Å². The van der Waals surface area contributed by atoms with Crippen LogP contribution in [0.2, 0.25) is 0 Å². The minimum atomic E-state index is 0.0705. The number of carbonyl (C=O) groups is 1. The Hall–Kier alpha value is -1.38. The zero-order chi connectivity index (χ0) is 13.0. The van der Waals surface area contributed by atoms with Gasteiger partial charge in [0.2, 0.25) is 5.91 Å². The first-order valence-electron chi connectivity index (χ1n) is 6.90. The Morgan fingerprint density at radius 3 is 2.78 bits per heavy atom. The second-order valence-electron chi connectivity index (χ2n) is 5.30. The lowest BCUT2D eigenvalue weighted by Crippen LogP contribution is -2.33. The first-order valence-corrected chi connectivity index (χ1v) is 6.90. The summed E-state index contributed by atoms with van der Waals surface area (Å²) in [6.45, 7) is 4.01. The van der Waals surface area contributed by atoms with Crippen molar-refractivity contribution in [3.63, 3.8) is 0 Å². The van der Waals surface area contributed by atoms with Crippen molar-refractivity contribution < 1.29 is 4.79 Å². The van der Waals surface area contributed by atoms with Gasteiger partial charge in [-0.25, -0.2) is 0 Å². The van der Waals surface area contributed by atoms with E-state index in [4.69, 9.17) is 0 Å². The molecule has 1 unspecified atom stereocenters. The lowest BCUT2D eigenvalue weighted by molar-refractivity contribution is -0.126. The summed E-state index contributed by atoms with van der Waals surface area (Å²) < 4.78 is 0. The maximum Gasteiger partial charge on any atom is 0.223 e. The van der Waals surface area contributed by atoms with Gasteiger partial charge in [0.15, 0.2) is 0 Å². The van der Waals surface area contributed by atoms with E-state index >= 15 is 0 Å². The smallest absolute Gasteiger partial charge is 0.223 e. The Bertz CT molecular complexity index is 411. The molecular weight excluding hydrogens is 224 g/mol. The van der Waals surface area contributed by atoms with E-state index in [0.29, 0.717) is 0 Å². The largest absolute Gasteiger partial charge is 0.349 e. The van der Waals surface area contributed by atoms with Crippen molar-refractivity contribution in [3.05, 3.63) is 29.6 Å². The molecule has 1 aromatic rings. The van der Waals surface area contributed by atoms with Crippen LogP contribution in [0.5, 0.6) is 0 Å². The third-order valence-electron chi connectivity index (χ3n) is 3.76. The molecule has 0 radical (unpaired) electrons. The van der Waals surface area contributed by atoms with Gasteiger partial charge in [0.05, 0.1) is 6.04 Å². The van der Waals surface area contributed by atoms with E-state index in [2.05, 4.69) is 10.3 Å². The Morgan fingerprint density at radius 1 is 1.39 bits per heavy atom. The number of rotatable bonds is 3. The molecule has 1 atom stereocenters. The van der Waals surface area contributed by atoms with Gasteiger partial charge in [0.1, 0.15) is 0 Å². The third kappa shape index (κ3) is 3.31. The van der Waals surface area contributed by atoms with Gasteiger partial charge in [0.25, 0.3) is 0 Å². The van der Waals surface area contributed by atoms with Crippen LogP contribution in [0.3, 0.4) is 0 Å². The molecule has 1 heterocycles. The zero-order valence-corrected chi connectivity index (χ0v) is 11.3. The molecule has 1 aliphatic rings. The molecule has 2 rings (SSSR count). The van der Waals surface area contributed by atoms with Crippen LogP contribution in [0.25, 0.3) is 0 Å². The molecule has 0 spiro atoms. The second kappa shape index (κ2) is 5.98. The number of amides is 1. The van der Waals surface area contributed by atoms with Gasteiger partial charge in [-0.1, -0.05) is 19.3 Å². The van der Waals surface area contributed by atoms with Crippen LogP contribution in [0.15, 0.2) is 18.3 Å². The number of carbonyl (C=O) groups excluding carboxylic acids is 1. The summed E-state index contributed by atoms with van der Waals surface area (Å²) in [5.74, 6) is 0.445. The predicted octanol–water partition coefficient (Wildman–Crippen LogP) is 3.15. The van der Waals surface area contributed by atoms with Crippen LogP contribution in [0, 0.1) is 12.8 Å². The van der Waals surface area contributed by atoms with E-state index in [-0.39, 0.29) is 17.9 Å². The molecule has 3 heteroatoms. The molecule has 0 aliphatic heterocycles. The van der Waals surface area contributed by atoms with E-state index in [9.17, 15) is 4.79 Å². The number of aryl methyl sites for hydroxylation is 1. The van der Waals surface area contributed by atoms with Crippen molar-refractivity contribution in [2.75, 3.05) is 0 Å². The van der Waals surface area contributed by atoms with E-state index in [0.717, 1.165) is 24.1 Å². The SMILES string of the molecule is Cc1cc(C(C)NC(=O)C2CCCCC2)ccn1. The minimum Gasteiger partial charge on any atom is -0.349 e. The fourth-order valence-corrected chi connectivity index (χ4v) is 2.62. The van der Waals surface area contributed by atoms with Gasteiger partial charge in [-0.05, 0) is 44.4 Å². The monoisotopic (exact) mass is 246 g/mol. The number of pyridine rings is 1. The summed E-state index contributed by atoms with van der Waals surface area (Å²) in [7, 11) is 0. The molecule has 0 aromatic carbocycles. The predicted molar refractivity (Wildman–Crippen MR) is 72.1 cm³/mol. The maximum atomic E-state index is 12.1. The number of hydrogen-bond acceptors (Lipinski definition) is 2. The zero-order valence-electron chi connectivity index (χ0n) is 11.3. The van der Waals surface area contributed by atoms with Crippen LogP contribution < -0.4 is 5.32 Å². The average Bonchev–Trinajstić information content (AvgIpc) is 2.39.